The van der Waals surface area contributed by atoms with Crippen LogP contribution < -0.4 is 0 Å². The monoisotopic (exact) mass is 951 g/mol. The van der Waals surface area contributed by atoms with E-state index in [0.29, 0.717) is 24.8 Å². The molecule has 67 heavy (non-hydrogen) atoms. The van der Waals surface area contributed by atoms with Gasteiger partial charge in [0.2, 0.25) is 0 Å². The number of fused-ring (bicyclic) bond motifs is 2. The fourth-order valence-corrected chi connectivity index (χ4v) is 9.17. The third-order valence-electron chi connectivity index (χ3n) is 13.6. The van der Waals surface area contributed by atoms with Gasteiger partial charge in [0.15, 0.2) is 0 Å². The molecule has 2 heterocycles. The molecule has 2 rings (SSSR count). The molecule has 16 heteroatoms. The number of ketones is 1. The molecule has 0 aromatic heterocycles. The molecule has 0 amide bonds. The van der Waals surface area contributed by atoms with Crippen molar-refractivity contribution in [2.24, 2.45) is 35.5 Å². The minimum absolute atomic E-state index is 0.119. The van der Waals surface area contributed by atoms with E-state index in [1.165, 1.54) is 33.5 Å². The van der Waals surface area contributed by atoms with Crippen LogP contribution in [0, 0.1) is 35.5 Å². The summed E-state index contributed by atoms with van der Waals surface area (Å²) in [5, 5.41) is 32.4. The number of ether oxygens (including phenoxy) is 9. The van der Waals surface area contributed by atoms with Gasteiger partial charge in [0.25, 0.3) is 0 Å². The standard InChI is InChI=1S/C51H82O16/c1-29-16-15-17-45(56)66-49(35(7)48(64-13)31(3)20-23-39(52)33(5)42(62-11)28-44(54)55)32(4)19-22-36(59-8)25-40(53)30(2)18-21-37(60-9)26-41(61-10)34(6)50-47(58)38(27-46(57)67-50)51(65-14)43(24-29)63-12/h15-19,21-22,27,30-37,40-43,47-51,53,58H,20,23-26,28H2,1-14H3,(H,54,55). The van der Waals surface area contributed by atoms with Crippen molar-refractivity contribution in [3.05, 3.63) is 59.8 Å². The van der Waals surface area contributed by atoms with Crippen LogP contribution in [0.3, 0.4) is 0 Å². The maximum absolute atomic E-state index is 13.7. The summed E-state index contributed by atoms with van der Waals surface area (Å²) < 4.78 is 52.6. The predicted octanol–water partition coefficient (Wildman–Crippen LogP) is 6.02. The number of aliphatic hydroxyl groups excluding tert-OH is 2. The molecule has 17 unspecified atom stereocenters. The van der Waals surface area contributed by atoms with Crippen LogP contribution in [0.2, 0.25) is 0 Å². The summed E-state index contributed by atoms with van der Waals surface area (Å²) >= 11 is 0. The highest BCUT2D eigenvalue weighted by atomic mass is 16.6. The maximum Gasteiger partial charge on any atom is 0.331 e. The Balaban J connectivity index is 2.59. The number of rotatable bonds is 17. The lowest BCUT2D eigenvalue weighted by atomic mass is 9.81. The van der Waals surface area contributed by atoms with E-state index in [4.69, 9.17) is 42.6 Å². The van der Waals surface area contributed by atoms with Crippen LogP contribution in [0.5, 0.6) is 0 Å². The number of methoxy groups -OCH3 is 7. The van der Waals surface area contributed by atoms with E-state index in [0.717, 1.165) is 5.57 Å². The van der Waals surface area contributed by atoms with E-state index in [1.807, 2.05) is 65.8 Å². The second-order valence-corrected chi connectivity index (χ2v) is 18.3. The molecule has 0 aromatic carbocycles. The quantitative estimate of drug-likeness (QED) is 0.112. The van der Waals surface area contributed by atoms with Crippen molar-refractivity contribution < 1.29 is 77.1 Å². The van der Waals surface area contributed by atoms with Gasteiger partial charge < -0.3 is 58.0 Å². The second kappa shape index (κ2) is 30.1. The molecule has 382 valence electrons. The Labute approximate surface area is 399 Å². The minimum atomic E-state index is -1.25. The number of hydrogen-bond donors (Lipinski definition) is 3. The Bertz CT molecular complexity index is 1690. The van der Waals surface area contributed by atoms with Gasteiger partial charge in [0, 0.05) is 116 Å². The van der Waals surface area contributed by atoms with Gasteiger partial charge in [-0.1, -0.05) is 83.6 Å². The highest BCUT2D eigenvalue weighted by Crippen LogP contribution is 2.34. The Morgan fingerprint density at radius 3 is 1.94 bits per heavy atom. The summed E-state index contributed by atoms with van der Waals surface area (Å²) in [6, 6.07) is 0. The van der Waals surface area contributed by atoms with Crippen LogP contribution in [0.1, 0.15) is 87.0 Å². The van der Waals surface area contributed by atoms with Gasteiger partial charge in [-0.15, -0.1) is 0 Å². The zero-order valence-corrected chi connectivity index (χ0v) is 42.3. The number of Topliss-reactive ketones (excluding diaryl/α,β-unsaturated/α-hetero) is 1. The number of aliphatic carboxylic acids is 1. The molecule has 0 fully saturated rings. The maximum atomic E-state index is 13.7. The van der Waals surface area contributed by atoms with Crippen molar-refractivity contribution in [2.45, 2.75) is 154 Å². The minimum Gasteiger partial charge on any atom is -0.481 e. The third kappa shape index (κ3) is 18.4. The SMILES string of the molecule is COC1C=CC(C)C(C(C)C(OC)C(C)CCC(=O)C(C)C(CC(=O)O)OC)OC(=O)C=CC=C(C)CC(OC)C(OC)C2=CC(=O)OC(C2O)C(C)C(OC)CC(OC)C=CC(C)C(O)C1. The number of carboxylic acids is 1. The summed E-state index contributed by atoms with van der Waals surface area (Å²) in [6.07, 6.45) is 6.73. The first-order chi connectivity index (χ1) is 31.7. The largest absolute Gasteiger partial charge is 0.481 e. The van der Waals surface area contributed by atoms with Crippen LogP contribution in [0.4, 0.5) is 0 Å². The van der Waals surface area contributed by atoms with Crippen molar-refractivity contribution in [1.82, 2.24) is 0 Å². The number of carboxylic acid groups (broad SMARTS) is 1. The molecule has 0 aromatic rings. The zero-order chi connectivity index (χ0) is 50.5. The summed E-state index contributed by atoms with van der Waals surface area (Å²) in [5.74, 6) is -4.75. The highest BCUT2D eigenvalue weighted by molar-refractivity contribution is 5.85. The van der Waals surface area contributed by atoms with E-state index in [-0.39, 0.29) is 48.7 Å². The molecule has 17 atom stereocenters. The first kappa shape index (κ1) is 59.5. The van der Waals surface area contributed by atoms with Crippen LogP contribution in [-0.4, -0.2) is 156 Å². The van der Waals surface area contributed by atoms with Gasteiger partial charge in [0.1, 0.15) is 30.2 Å². The van der Waals surface area contributed by atoms with E-state index in [1.54, 1.807) is 47.5 Å². The molecular weight excluding hydrogens is 869 g/mol. The van der Waals surface area contributed by atoms with E-state index >= 15 is 0 Å². The molecule has 0 saturated heterocycles. The van der Waals surface area contributed by atoms with Crippen molar-refractivity contribution in [1.29, 1.82) is 0 Å². The normalized spacial score (nSPS) is 32.2. The predicted molar refractivity (Wildman–Crippen MR) is 252 cm³/mol. The van der Waals surface area contributed by atoms with E-state index in [9.17, 15) is 34.5 Å². The van der Waals surface area contributed by atoms with Gasteiger partial charge >= 0.3 is 17.9 Å². The summed E-state index contributed by atoms with van der Waals surface area (Å²) in [6.45, 7) is 13.1. The average Bonchev–Trinajstić information content (AvgIpc) is 3.30. The molecule has 0 aliphatic carbocycles. The molecule has 0 spiro atoms. The average molecular weight is 951 g/mol. The Morgan fingerprint density at radius 2 is 1.39 bits per heavy atom. The van der Waals surface area contributed by atoms with E-state index in [2.05, 4.69) is 0 Å². The molecule has 0 radical (unpaired) electrons. The van der Waals surface area contributed by atoms with Crippen molar-refractivity contribution >= 4 is 23.7 Å². The molecule has 16 nitrogen and oxygen atoms in total. The number of cyclic esters (lactones) is 1. The van der Waals surface area contributed by atoms with Gasteiger partial charge in [0.05, 0.1) is 49.1 Å². The molecule has 3 N–H and O–H groups in total. The molecule has 0 saturated carbocycles. The van der Waals surface area contributed by atoms with Crippen molar-refractivity contribution in [3.63, 3.8) is 0 Å². The lowest BCUT2D eigenvalue weighted by Crippen LogP contribution is -2.50. The summed E-state index contributed by atoms with van der Waals surface area (Å²) in [7, 11) is 10.6. The Morgan fingerprint density at radius 1 is 0.776 bits per heavy atom. The molecule has 2 aliphatic rings. The number of carbonyl (C=O) groups is 4. The van der Waals surface area contributed by atoms with Crippen molar-refractivity contribution in [3.8, 4) is 0 Å². The number of hydrogen-bond acceptors (Lipinski definition) is 15. The molecular formula is C51H82O16. The van der Waals surface area contributed by atoms with Gasteiger partial charge in [-0.25, -0.2) is 9.59 Å². The second-order valence-electron chi connectivity index (χ2n) is 18.3. The summed E-state index contributed by atoms with van der Waals surface area (Å²) in [5.41, 5.74) is 1.10. The van der Waals surface area contributed by atoms with Crippen LogP contribution in [0.15, 0.2) is 59.8 Å². The number of esters is 2. The van der Waals surface area contributed by atoms with E-state index < -0.39 is 96.9 Å². The van der Waals surface area contributed by atoms with Crippen LogP contribution in [0.25, 0.3) is 0 Å². The first-order valence-electron chi connectivity index (χ1n) is 23.3. The Kier molecular flexibility index (Phi) is 26.8. The Hall–Kier alpha value is -3.58. The van der Waals surface area contributed by atoms with Crippen LogP contribution in [-0.2, 0) is 61.8 Å². The van der Waals surface area contributed by atoms with Crippen LogP contribution >= 0.6 is 0 Å². The highest BCUT2D eigenvalue weighted by Gasteiger charge is 2.43. The van der Waals surface area contributed by atoms with Gasteiger partial charge in [-0.05, 0) is 25.7 Å². The molecule has 2 bridgehead atoms. The molecule has 2 aliphatic heterocycles. The zero-order valence-electron chi connectivity index (χ0n) is 42.3. The fourth-order valence-electron chi connectivity index (χ4n) is 9.17. The third-order valence-corrected chi connectivity index (χ3v) is 13.6. The smallest absolute Gasteiger partial charge is 0.331 e. The van der Waals surface area contributed by atoms with Gasteiger partial charge in [-0.3, -0.25) is 9.59 Å². The van der Waals surface area contributed by atoms with Crippen molar-refractivity contribution in [2.75, 3.05) is 49.8 Å². The lowest BCUT2D eigenvalue weighted by Gasteiger charge is -2.39. The first-order valence-corrected chi connectivity index (χ1v) is 23.3. The number of allylic oxidation sites excluding steroid dienone is 2. The lowest BCUT2D eigenvalue weighted by molar-refractivity contribution is -0.162. The van der Waals surface area contributed by atoms with Gasteiger partial charge in [-0.2, -0.15) is 0 Å². The number of aliphatic hydroxyl groups is 2. The number of carbonyl (C=O) groups excluding carboxylic acids is 3. The topological polar surface area (TPSA) is 212 Å². The summed E-state index contributed by atoms with van der Waals surface area (Å²) in [4.78, 5) is 51.3. The fraction of sp³-hybridized carbons (Fsp3) is 0.725.